The number of nitrogens with two attached hydrogens (primary N) is 2. The Hall–Kier alpha value is -2.64. The summed E-state index contributed by atoms with van der Waals surface area (Å²) in [4.78, 5) is 22.5. The molecule has 2 amide bonds. The summed E-state index contributed by atoms with van der Waals surface area (Å²) < 4.78 is 1.62. The van der Waals surface area contributed by atoms with Crippen LogP contribution < -0.4 is 11.5 Å². The molecule has 0 radical (unpaired) electrons. The number of nitrogens with zero attached hydrogens (tertiary/aromatic N) is 3. The van der Waals surface area contributed by atoms with Crippen LogP contribution in [0.5, 0.6) is 0 Å². The van der Waals surface area contributed by atoms with Crippen molar-refractivity contribution >= 4 is 11.8 Å². The van der Waals surface area contributed by atoms with E-state index in [1.807, 2.05) is 0 Å². The second-order valence-corrected chi connectivity index (χ2v) is 4.74. The number of aromatic nitrogens is 4. The number of nitrogens with one attached hydrogen (secondary N) is 1. The van der Waals surface area contributed by atoms with Gasteiger partial charge in [-0.3, -0.25) is 19.4 Å². The molecule has 8 heteroatoms. The Labute approximate surface area is 114 Å². The number of amides is 2. The topological polar surface area (TPSA) is 133 Å². The van der Waals surface area contributed by atoms with Gasteiger partial charge in [0.2, 0.25) is 5.91 Å². The highest BCUT2D eigenvalue weighted by atomic mass is 16.1. The summed E-state index contributed by atoms with van der Waals surface area (Å²) in [7, 11) is 0. The lowest BCUT2D eigenvalue weighted by atomic mass is 9.94. The predicted molar refractivity (Wildman–Crippen MR) is 69.5 cm³/mol. The van der Waals surface area contributed by atoms with E-state index in [-0.39, 0.29) is 12.1 Å². The van der Waals surface area contributed by atoms with Gasteiger partial charge in [0.1, 0.15) is 0 Å². The summed E-state index contributed by atoms with van der Waals surface area (Å²) in [6, 6.07) is 0. The molecule has 0 atom stereocenters. The van der Waals surface area contributed by atoms with E-state index in [1.165, 1.54) is 0 Å². The second-order valence-electron chi connectivity index (χ2n) is 4.74. The molecular weight excluding hydrogens is 260 g/mol. The zero-order valence-electron chi connectivity index (χ0n) is 10.7. The van der Waals surface area contributed by atoms with E-state index in [4.69, 9.17) is 11.5 Å². The summed E-state index contributed by atoms with van der Waals surface area (Å²) in [6.45, 7) is 0.315. The van der Waals surface area contributed by atoms with Crippen LogP contribution in [0.25, 0.3) is 11.3 Å². The molecule has 3 rings (SSSR count). The molecule has 0 aromatic carbocycles. The maximum Gasteiger partial charge on any atom is 0.269 e. The summed E-state index contributed by atoms with van der Waals surface area (Å²) in [5, 5.41) is 11.2. The van der Waals surface area contributed by atoms with Crippen molar-refractivity contribution in [2.24, 2.45) is 11.5 Å². The van der Waals surface area contributed by atoms with Crippen molar-refractivity contribution in [2.45, 2.75) is 25.8 Å². The van der Waals surface area contributed by atoms with Crippen molar-refractivity contribution in [3.8, 4) is 11.3 Å². The number of carbonyl (C=O) groups is 2. The zero-order valence-corrected chi connectivity index (χ0v) is 10.7. The number of hydrogen-bond acceptors (Lipinski definition) is 4. The lowest BCUT2D eigenvalue weighted by molar-refractivity contribution is -0.118. The van der Waals surface area contributed by atoms with Crippen molar-refractivity contribution in [3.05, 3.63) is 23.1 Å². The number of carbonyl (C=O) groups excluding carboxylic acids is 2. The van der Waals surface area contributed by atoms with E-state index in [2.05, 4.69) is 15.3 Å². The van der Waals surface area contributed by atoms with E-state index in [9.17, 15) is 9.59 Å². The molecule has 0 bridgehead atoms. The van der Waals surface area contributed by atoms with Gasteiger partial charge in [0.05, 0.1) is 18.4 Å². The van der Waals surface area contributed by atoms with Gasteiger partial charge in [-0.1, -0.05) is 0 Å². The highest BCUT2D eigenvalue weighted by Crippen LogP contribution is 2.34. The van der Waals surface area contributed by atoms with Crippen LogP contribution in [0.4, 0.5) is 0 Å². The Morgan fingerprint density at radius 2 is 2.15 bits per heavy atom. The summed E-state index contributed by atoms with van der Waals surface area (Å²) in [5.41, 5.74) is 14.3. The van der Waals surface area contributed by atoms with Crippen LogP contribution >= 0.6 is 0 Å². The summed E-state index contributed by atoms with van der Waals surface area (Å²) >= 11 is 0. The molecular formula is C12H14N6O2. The molecule has 104 valence electrons. The number of aryl methyl sites for hydroxylation is 2. The van der Waals surface area contributed by atoms with Gasteiger partial charge in [-0.2, -0.15) is 10.2 Å². The molecule has 2 aromatic heterocycles. The van der Waals surface area contributed by atoms with E-state index in [1.54, 1.807) is 10.9 Å². The van der Waals surface area contributed by atoms with E-state index < -0.39 is 11.8 Å². The van der Waals surface area contributed by atoms with Crippen LogP contribution in [0.3, 0.4) is 0 Å². The van der Waals surface area contributed by atoms with E-state index in [0.29, 0.717) is 13.0 Å². The lowest BCUT2D eigenvalue weighted by Crippen LogP contribution is -2.16. The first-order valence-electron chi connectivity index (χ1n) is 6.28. The molecule has 0 saturated carbocycles. The first-order valence-corrected chi connectivity index (χ1v) is 6.28. The van der Waals surface area contributed by atoms with Crippen LogP contribution in [-0.2, 0) is 24.2 Å². The molecule has 5 N–H and O–H groups in total. The molecule has 1 aliphatic rings. The number of rotatable bonds is 4. The van der Waals surface area contributed by atoms with Gasteiger partial charge in [0.15, 0.2) is 5.69 Å². The largest absolute Gasteiger partial charge is 0.370 e. The molecule has 8 nitrogen and oxygen atoms in total. The smallest absolute Gasteiger partial charge is 0.269 e. The SMILES string of the molecule is NC(=O)CCn1nc(C(N)=O)c2c1-c1cn[nH]c1CC2. The predicted octanol–water partition coefficient (Wildman–Crippen LogP) is -0.654. The van der Waals surface area contributed by atoms with E-state index in [0.717, 1.165) is 28.9 Å². The van der Waals surface area contributed by atoms with Crippen LogP contribution in [0.2, 0.25) is 0 Å². The normalized spacial score (nSPS) is 12.8. The van der Waals surface area contributed by atoms with Gasteiger partial charge in [-0.05, 0) is 12.8 Å². The number of primary amides is 2. The monoisotopic (exact) mass is 274 g/mol. The summed E-state index contributed by atoms with van der Waals surface area (Å²) in [6.07, 6.45) is 3.27. The van der Waals surface area contributed by atoms with Crippen molar-refractivity contribution in [3.63, 3.8) is 0 Å². The maximum atomic E-state index is 11.5. The number of aromatic amines is 1. The standard InChI is InChI=1S/C12H14N6O2/c13-9(19)3-4-18-11-6(10(17-18)12(14)20)1-2-8-7(11)5-15-16-8/h5H,1-4H2,(H2,13,19)(H2,14,20)(H,15,16). The first kappa shape index (κ1) is 12.4. The molecule has 0 saturated heterocycles. The minimum Gasteiger partial charge on any atom is -0.370 e. The van der Waals surface area contributed by atoms with Crippen LogP contribution in [0.1, 0.15) is 28.2 Å². The average Bonchev–Trinajstić information content (AvgIpc) is 2.99. The van der Waals surface area contributed by atoms with Crippen molar-refractivity contribution in [1.29, 1.82) is 0 Å². The fourth-order valence-electron chi connectivity index (χ4n) is 2.57. The van der Waals surface area contributed by atoms with E-state index >= 15 is 0 Å². The summed E-state index contributed by atoms with van der Waals surface area (Å²) in [5.74, 6) is -0.982. The number of hydrogen-bond donors (Lipinski definition) is 3. The minimum atomic E-state index is -0.564. The maximum absolute atomic E-state index is 11.5. The Kier molecular flexibility index (Phi) is 2.78. The molecule has 2 aromatic rings. The number of H-pyrrole nitrogens is 1. The third kappa shape index (κ3) is 1.85. The van der Waals surface area contributed by atoms with Gasteiger partial charge < -0.3 is 11.5 Å². The Bertz CT molecular complexity index is 699. The quantitative estimate of drug-likeness (QED) is 0.682. The highest BCUT2D eigenvalue weighted by Gasteiger charge is 2.28. The molecule has 0 aliphatic heterocycles. The highest BCUT2D eigenvalue weighted by molar-refractivity contribution is 5.94. The van der Waals surface area contributed by atoms with Crippen LogP contribution in [0, 0.1) is 0 Å². The third-order valence-electron chi connectivity index (χ3n) is 3.45. The fourth-order valence-corrected chi connectivity index (χ4v) is 2.57. The molecule has 0 unspecified atom stereocenters. The average molecular weight is 274 g/mol. The Morgan fingerprint density at radius 3 is 2.85 bits per heavy atom. The van der Waals surface area contributed by atoms with Crippen molar-refractivity contribution in [2.75, 3.05) is 0 Å². The Morgan fingerprint density at radius 1 is 1.35 bits per heavy atom. The fraction of sp³-hybridized carbons (Fsp3) is 0.333. The molecule has 2 heterocycles. The van der Waals surface area contributed by atoms with Crippen LogP contribution in [-0.4, -0.2) is 31.8 Å². The molecule has 20 heavy (non-hydrogen) atoms. The Balaban J connectivity index is 2.12. The lowest BCUT2D eigenvalue weighted by Gasteiger charge is -2.14. The molecule has 0 fully saturated rings. The minimum absolute atomic E-state index is 0.152. The van der Waals surface area contributed by atoms with Gasteiger partial charge in [-0.15, -0.1) is 0 Å². The van der Waals surface area contributed by atoms with Gasteiger partial charge in [0.25, 0.3) is 5.91 Å². The van der Waals surface area contributed by atoms with Gasteiger partial charge in [0, 0.05) is 23.2 Å². The van der Waals surface area contributed by atoms with Crippen molar-refractivity contribution < 1.29 is 9.59 Å². The molecule has 1 aliphatic carbocycles. The van der Waals surface area contributed by atoms with Crippen LogP contribution in [0.15, 0.2) is 6.20 Å². The van der Waals surface area contributed by atoms with Crippen molar-refractivity contribution in [1.82, 2.24) is 20.0 Å². The first-order chi connectivity index (χ1) is 9.58. The second kappa shape index (κ2) is 4.48. The van der Waals surface area contributed by atoms with Gasteiger partial charge >= 0.3 is 0 Å². The zero-order chi connectivity index (χ0) is 14.3. The third-order valence-corrected chi connectivity index (χ3v) is 3.45. The molecule has 0 spiro atoms. The number of fused-ring (bicyclic) bond motifs is 3. The van der Waals surface area contributed by atoms with Gasteiger partial charge in [-0.25, -0.2) is 0 Å².